The summed E-state index contributed by atoms with van der Waals surface area (Å²) in [5, 5.41) is 0.241. The summed E-state index contributed by atoms with van der Waals surface area (Å²) in [5.41, 5.74) is 0. The van der Waals surface area contributed by atoms with Gasteiger partial charge in [-0.3, -0.25) is 0 Å². The fourth-order valence-electron chi connectivity index (χ4n) is 0.427. The van der Waals surface area contributed by atoms with Crippen molar-refractivity contribution in [1.82, 2.24) is 0 Å². The van der Waals surface area contributed by atoms with Crippen LogP contribution in [0.5, 0.6) is 0 Å². The van der Waals surface area contributed by atoms with Crippen molar-refractivity contribution in [2.45, 2.75) is 0 Å². The molecule has 0 aliphatic rings. The maximum absolute atomic E-state index is 12.6. The second-order valence-corrected chi connectivity index (χ2v) is 2.71. The smallest absolute Gasteiger partial charge is 0.138 e. The van der Waals surface area contributed by atoms with Crippen LogP contribution in [0, 0.1) is 5.82 Å². The molecule has 1 rings (SSSR count). The summed E-state index contributed by atoms with van der Waals surface area (Å²) in [6.07, 6.45) is 0. The third-order valence-corrected chi connectivity index (χ3v) is 1.64. The highest BCUT2D eigenvalue weighted by molar-refractivity contribution is 9.10. The van der Waals surface area contributed by atoms with Crippen molar-refractivity contribution in [3.8, 4) is 0 Å². The van der Waals surface area contributed by atoms with Crippen LogP contribution in [-0.2, 0) is 0 Å². The van der Waals surface area contributed by atoms with Gasteiger partial charge in [-0.25, -0.2) is 4.39 Å². The van der Waals surface area contributed by atoms with Crippen LogP contribution in [0.1, 0.15) is 1.37 Å². The maximum atomic E-state index is 12.6. The van der Waals surface area contributed by atoms with E-state index in [1.54, 1.807) is 0 Å². The van der Waals surface area contributed by atoms with Crippen molar-refractivity contribution in [1.29, 1.82) is 0 Å². The fourth-order valence-corrected chi connectivity index (χ4v) is 0.807. The van der Waals surface area contributed by atoms with Gasteiger partial charge in [0, 0.05) is 5.02 Å². The fraction of sp³-hybridized carbons (Fsp3) is 0. The van der Waals surface area contributed by atoms with Gasteiger partial charge in [0.1, 0.15) is 5.82 Å². The average Bonchev–Trinajstić information content (AvgIpc) is 1.82. The Bertz CT molecular complexity index is 241. The third kappa shape index (κ3) is 1.66. The zero-order valence-electron chi connectivity index (χ0n) is 5.29. The minimum atomic E-state index is -0.502. The lowest BCUT2D eigenvalue weighted by Gasteiger charge is -1.91. The quantitative estimate of drug-likeness (QED) is 0.577. The van der Waals surface area contributed by atoms with E-state index in [0.29, 0.717) is 0 Å². The second kappa shape index (κ2) is 2.67. The number of hydrogen-bond acceptors (Lipinski definition) is 0. The van der Waals surface area contributed by atoms with Gasteiger partial charge in [0.15, 0.2) is 0 Å². The van der Waals surface area contributed by atoms with Crippen molar-refractivity contribution >= 4 is 27.5 Å². The predicted octanol–water partition coefficient (Wildman–Crippen LogP) is 3.24. The van der Waals surface area contributed by atoms with E-state index in [2.05, 4.69) is 15.9 Å². The summed E-state index contributed by atoms with van der Waals surface area (Å²) < 4.78 is 19.9. The molecule has 0 radical (unpaired) electrons. The summed E-state index contributed by atoms with van der Waals surface area (Å²) in [7, 11) is 0. The Morgan fingerprint density at radius 1 is 1.78 bits per heavy atom. The molecule has 1 aromatic rings. The number of rotatable bonds is 0. The molecule has 0 aliphatic carbocycles. The van der Waals surface area contributed by atoms with Gasteiger partial charge in [-0.15, -0.1) is 0 Å². The van der Waals surface area contributed by atoms with Crippen LogP contribution in [0.25, 0.3) is 0 Å². The first-order chi connectivity index (χ1) is 4.61. The number of hydrogen-bond donors (Lipinski definition) is 0. The summed E-state index contributed by atoms with van der Waals surface area (Å²) in [6, 6.07) is 2.59. The van der Waals surface area contributed by atoms with Crippen LogP contribution >= 0.6 is 27.5 Å². The largest absolute Gasteiger partial charge is 0.206 e. The lowest BCUT2D eigenvalue weighted by atomic mass is 10.3. The van der Waals surface area contributed by atoms with Crippen LogP contribution in [0.2, 0.25) is 5.02 Å². The highest BCUT2D eigenvalue weighted by Gasteiger charge is 1.96. The summed E-state index contributed by atoms with van der Waals surface area (Å²) in [4.78, 5) is 0. The van der Waals surface area contributed by atoms with E-state index in [1.807, 2.05) is 0 Å². The predicted molar refractivity (Wildman–Crippen MR) is 39.1 cm³/mol. The maximum Gasteiger partial charge on any atom is 0.138 e. The molecule has 3 heteroatoms. The first kappa shape index (κ1) is 5.69. The van der Waals surface area contributed by atoms with Crippen LogP contribution in [-0.4, -0.2) is 0 Å². The first-order valence-electron chi connectivity index (χ1n) is 2.72. The Kier molecular flexibility index (Phi) is 1.69. The monoisotopic (exact) mass is 209 g/mol. The van der Waals surface area contributed by atoms with Crippen molar-refractivity contribution in [2.75, 3.05) is 0 Å². The van der Waals surface area contributed by atoms with E-state index in [0.717, 1.165) is 6.07 Å². The van der Waals surface area contributed by atoms with Crippen molar-refractivity contribution < 1.29 is 5.76 Å². The van der Waals surface area contributed by atoms with Gasteiger partial charge >= 0.3 is 0 Å². The standard InChI is InChI=1S/C6H3BrClF/c7-5-2-1-4(8)3-6(5)9/h1-3H/i2D. The van der Waals surface area contributed by atoms with Gasteiger partial charge in [0.2, 0.25) is 0 Å². The molecule has 0 amide bonds. The van der Waals surface area contributed by atoms with E-state index in [4.69, 9.17) is 13.0 Å². The molecule has 48 valence electrons. The molecular weight excluding hydrogens is 206 g/mol. The topological polar surface area (TPSA) is 0 Å². The van der Waals surface area contributed by atoms with Gasteiger partial charge in [-0.2, -0.15) is 0 Å². The molecule has 0 nitrogen and oxygen atoms in total. The second-order valence-electron chi connectivity index (χ2n) is 1.48. The SMILES string of the molecule is [2H]c1cc(Cl)cc(F)c1Br. The van der Waals surface area contributed by atoms with Gasteiger partial charge in [0.25, 0.3) is 0 Å². The molecule has 0 N–H and O–H groups in total. The van der Waals surface area contributed by atoms with E-state index in [9.17, 15) is 4.39 Å². The Hall–Kier alpha value is -0.0800. The van der Waals surface area contributed by atoms with Gasteiger partial charge in [-0.05, 0) is 34.1 Å². The average molecular weight is 210 g/mol. The Morgan fingerprint density at radius 2 is 2.44 bits per heavy atom. The molecule has 0 saturated heterocycles. The van der Waals surface area contributed by atoms with Gasteiger partial charge in [-0.1, -0.05) is 11.6 Å². The molecule has 0 unspecified atom stereocenters. The summed E-state index contributed by atoms with van der Waals surface area (Å²) in [5.74, 6) is -0.502. The molecule has 0 bridgehead atoms. The molecule has 1 aromatic carbocycles. The molecule has 0 atom stereocenters. The van der Waals surface area contributed by atoms with Crippen LogP contribution < -0.4 is 0 Å². The molecule has 0 aliphatic heterocycles. The van der Waals surface area contributed by atoms with Gasteiger partial charge in [0.05, 0.1) is 5.84 Å². The first-order valence-corrected chi connectivity index (χ1v) is 3.39. The molecule has 9 heavy (non-hydrogen) atoms. The zero-order valence-corrected chi connectivity index (χ0v) is 6.63. The van der Waals surface area contributed by atoms with Crippen LogP contribution in [0.3, 0.4) is 0 Å². The molecule has 0 aromatic heterocycles. The third-order valence-electron chi connectivity index (χ3n) is 0.811. The molecule has 0 heterocycles. The molecular formula is C6H3BrClF. The lowest BCUT2D eigenvalue weighted by Crippen LogP contribution is -1.73. The lowest BCUT2D eigenvalue weighted by molar-refractivity contribution is 0.621. The van der Waals surface area contributed by atoms with Gasteiger partial charge < -0.3 is 0 Å². The molecule has 0 saturated carbocycles. The van der Waals surface area contributed by atoms with E-state index in [1.165, 1.54) is 6.07 Å². The highest BCUT2D eigenvalue weighted by atomic mass is 79.9. The molecule has 0 spiro atoms. The summed E-state index contributed by atoms with van der Waals surface area (Å²) >= 11 is 8.33. The van der Waals surface area contributed by atoms with E-state index in [-0.39, 0.29) is 15.5 Å². The van der Waals surface area contributed by atoms with Crippen LogP contribution in [0.15, 0.2) is 22.6 Å². The highest BCUT2D eigenvalue weighted by Crippen LogP contribution is 2.18. The summed E-state index contributed by atoms with van der Waals surface area (Å²) in [6.45, 7) is 0. The number of benzene rings is 1. The minimum Gasteiger partial charge on any atom is -0.206 e. The van der Waals surface area contributed by atoms with E-state index >= 15 is 0 Å². The molecule has 0 fully saturated rings. The number of halogens is 3. The van der Waals surface area contributed by atoms with Crippen molar-refractivity contribution in [2.24, 2.45) is 0 Å². The Labute approximate surface area is 67.2 Å². The van der Waals surface area contributed by atoms with Crippen molar-refractivity contribution in [3.05, 3.63) is 33.5 Å². The Morgan fingerprint density at radius 3 is 3.00 bits per heavy atom. The minimum absolute atomic E-state index is 0.0602. The van der Waals surface area contributed by atoms with Crippen LogP contribution in [0.4, 0.5) is 4.39 Å². The Balaban J connectivity index is 3.31. The van der Waals surface area contributed by atoms with E-state index < -0.39 is 5.82 Å². The zero-order chi connectivity index (χ0) is 7.72. The van der Waals surface area contributed by atoms with Crippen molar-refractivity contribution in [3.63, 3.8) is 0 Å². The normalized spacial score (nSPS) is 11.2.